The first kappa shape index (κ1) is 21.4. The Morgan fingerprint density at radius 2 is 1.97 bits per heavy atom. The van der Waals surface area contributed by atoms with Crippen LogP contribution < -0.4 is 4.90 Å². The first-order chi connectivity index (χ1) is 14.8. The number of piperidine rings is 1. The lowest BCUT2D eigenvalue weighted by Gasteiger charge is -2.34. The molecule has 4 heterocycles. The predicted octanol–water partition coefficient (Wildman–Crippen LogP) is 3.76. The molecule has 0 N–H and O–H groups in total. The Labute approximate surface area is 179 Å². The lowest BCUT2D eigenvalue weighted by atomic mass is 9.93. The highest BCUT2D eigenvalue weighted by Crippen LogP contribution is 2.38. The van der Waals surface area contributed by atoms with Crippen molar-refractivity contribution in [3.05, 3.63) is 42.7 Å². The Morgan fingerprint density at radius 1 is 1.23 bits per heavy atom. The number of carbonyl (C=O) groups excluding carboxylic acids is 1. The van der Waals surface area contributed by atoms with Gasteiger partial charge in [-0.2, -0.15) is 18.3 Å². The summed E-state index contributed by atoms with van der Waals surface area (Å²) in [5.41, 5.74) is 2.72. The molecule has 0 aromatic carbocycles. The zero-order valence-corrected chi connectivity index (χ0v) is 17.5. The zero-order valence-electron chi connectivity index (χ0n) is 17.5. The molecule has 166 valence electrons. The molecule has 4 rings (SSSR count). The normalized spacial score (nSPS) is 20.3. The van der Waals surface area contributed by atoms with E-state index in [0.29, 0.717) is 32.0 Å². The van der Waals surface area contributed by atoms with Gasteiger partial charge in [0.05, 0.1) is 11.6 Å². The number of aryl methyl sites for hydroxylation is 1. The van der Waals surface area contributed by atoms with Crippen molar-refractivity contribution in [3.63, 3.8) is 0 Å². The SMILES string of the molecule is C=CC(=O)N1CCC(c2cnc(N3CCC(C(F)(F)F)CC3)cc2-c2ccn(C)n2)C1. The fraction of sp³-hybridized carbons (Fsp3) is 0.500. The molecule has 6 nitrogen and oxygen atoms in total. The molecule has 0 spiro atoms. The summed E-state index contributed by atoms with van der Waals surface area (Å²) in [6.45, 7) is 5.45. The Kier molecular flexibility index (Phi) is 5.77. The standard InChI is InChI=1S/C22H26F3N5O/c1-3-21(31)30-9-4-15(14-30)18-13-26-20(12-17(18)19-7-8-28(2)27-19)29-10-5-16(6-11-29)22(23,24)25/h3,7-8,12-13,15-16H,1,4-6,9-11,14H2,2H3. The van der Waals surface area contributed by atoms with Gasteiger partial charge in [0.1, 0.15) is 5.82 Å². The molecule has 2 aliphatic heterocycles. The molecule has 1 unspecified atom stereocenters. The van der Waals surface area contributed by atoms with Crippen LogP contribution in [0.15, 0.2) is 37.2 Å². The second-order valence-corrected chi connectivity index (χ2v) is 8.28. The van der Waals surface area contributed by atoms with Gasteiger partial charge in [-0.1, -0.05) is 6.58 Å². The van der Waals surface area contributed by atoms with Crippen LogP contribution in [0.25, 0.3) is 11.3 Å². The van der Waals surface area contributed by atoms with Crippen molar-refractivity contribution in [3.8, 4) is 11.3 Å². The van der Waals surface area contributed by atoms with E-state index in [1.165, 1.54) is 6.08 Å². The summed E-state index contributed by atoms with van der Waals surface area (Å²) in [5, 5.41) is 4.54. The quantitative estimate of drug-likeness (QED) is 0.689. The smallest absolute Gasteiger partial charge is 0.357 e. The van der Waals surface area contributed by atoms with E-state index in [0.717, 1.165) is 23.2 Å². The number of aromatic nitrogens is 3. The molecule has 1 amide bonds. The zero-order chi connectivity index (χ0) is 22.2. The van der Waals surface area contributed by atoms with Gasteiger partial charge in [0.25, 0.3) is 0 Å². The van der Waals surface area contributed by atoms with Crippen molar-refractivity contribution in [2.75, 3.05) is 31.1 Å². The summed E-state index contributed by atoms with van der Waals surface area (Å²) in [6, 6.07) is 3.85. The molecule has 2 aromatic rings. The number of carbonyl (C=O) groups is 1. The molecule has 0 radical (unpaired) electrons. The molecule has 31 heavy (non-hydrogen) atoms. The fourth-order valence-corrected chi connectivity index (χ4v) is 4.51. The van der Waals surface area contributed by atoms with Crippen LogP contribution in [0.2, 0.25) is 0 Å². The second kappa shape index (κ2) is 8.36. The highest BCUT2D eigenvalue weighted by molar-refractivity contribution is 5.87. The van der Waals surface area contributed by atoms with Crippen molar-refractivity contribution >= 4 is 11.7 Å². The van der Waals surface area contributed by atoms with Crippen molar-refractivity contribution in [2.24, 2.45) is 13.0 Å². The molecule has 2 aliphatic rings. The average molecular weight is 433 g/mol. The molecule has 0 saturated carbocycles. The van der Waals surface area contributed by atoms with Crippen LogP contribution in [0.4, 0.5) is 19.0 Å². The van der Waals surface area contributed by atoms with Crippen molar-refractivity contribution in [1.29, 1.82) is 0 Å². The minimum Gasteiger partial charge on any atom is -0.357 e. The highest BCUT2D eigenvalue weighted by Gasteiger charge is 2.41. The largest absolute Gasteiger partial charge is 0.391 e. The van der Waals surface area contributed by atoms with Crippen LogP contribution in [0.1, 0.15) is 30.7 Å². The first-order valence-electron chi connectivity index (χ1n) is 10.5. The number of nitrogens with zero attached hydrogens (tertiary/aromatic N) is 5. The van der Waals surface area contributed by atoms with E-state index in [9.17, 15) is 18.0 Å². The maximum atomic E-state index is 13.0. The third kappa shape index (κ3) is 4.45. The van der Waals surface area contributed by atoms with Crippen molar-refractivity contribution < 1.29 is 18.0 Å². The van der Waals surface area contributed by atoms with Crippen molar-refractivity contribution in [2.45, 2.75) is 31.4 Å². The van der Waals surface area contributed by atoms with Gasteiger partial charge in [0.15, 0.2) is 0 Å². The molecule has 0 aliphatic carbocycles. The van der Waals surface area contributed by atoms with Gasteiger partial charge in [-0.3, -0.25) is 9.48 Å². The number of pyridine rings is 1. The van der Waals surface area contributed by atoms with E-state index in [1.807, 2.05) is 36.5 Å². The monoisotopic (exact) mass is 433 g/mol. The van der Waals surface area contributed by atoms with Crippen LogP contribution in [0.5, 0.6) is 0 Å². The number of halogens is 3. The number of rotatable bonds is 4. The van der Waals surface area contributed by atoms with E-state index >= 15 is 0 Å². The molecule has 1 atom stereocenters. The molecule has 9 heteroatoms. The molecule has 2 saturated heterocycles. The number of amides is 1. The first-order valence-corrected chi connectivity index (χ1v) is 10.5. The Hall–Kier alpha value is -2.84. The minimum atomic E-state index is -4.14. The lowest BCUT2D eigenvalue weighted by Crippen LogP contribution is -2.39. The van der Waals surface area contributed by atoms with E-state index in [1.54, 1.807) is 9.58 Å². The maximum absolute atomic E-state index is 13.0. The summed E-state index contributed by atoms with van der Waals surface area (Å²) in [5.74, 6) is -0.537. The highest BCUT2D eigenvalue weighted by atomic mass is 19.4. The van der Waals surface area contributed by atoms with Crippen LogP contribution in [-0.2, 0) is 11.8 Å². The molecule has 2 aromatic heterocycles. The Morgan fingerprint density at radius 3 is 2.58 bits per heavy atom. The van der Waals surface area contributed by atoms with E-state index in [4.69, 9.17) is 0 Å². The van der Waals surface area contributed by atoms with E-state index < -0.39 is 12.1 Å². The Balaban J connectivity index is 1.61. The number of hydrogen-bond donors (Lipinski definition) is 0. The summed E-state index contributed by atoms with van der Waals surface area (Å²) in [6.07, 6.45) is 1.82. The summed E-state index contributed by atoms with van der Waals surface area (Å²) < 4.78 is 40.8. The second-order valence-electron chi connectivity index (χ2n) is 8.28. The number of alkyl halides is 3. The number of anilines is 1. The Bertz CT molecular complexity index is 962. The summed E-state index contributed by atoms with van der Waals surface area (Å²) >= 11 is 0. The van der Waals surface area contributed by atoms with Gasteiger partial charge in [0, 0.05) is 57.1 Å². The minimum absolute atomic E-state index is 0.0765. The summed E-state index contributed by atoms with van der Waals surface area (Å²) in [7, 11) is 1.84. The van der Waals surface area contributed by atoms with Crippen molar-refractivity contribution in [1.82, 2.24) is 19.7 Å². The van der Waals surface area contributed by atoms with Gasteiger partial charge < -0.3 is 9.80 Å². The van der Waals surface area contributed by atoms with Crippen LogP contribution in [-0.4, -0.2) is 57.9 Å². The van der Waals surface area contributed by atoms with Gasteiger partial charge in [-0.25, -0.2) is 4.98 Å². The van der Waals surface area contributed by atoms with Gasteiger partial charge in [-0.15, -0.1) is 0 Å². The maximum Gasteiger partial charge on any atom is 0.391 e. The molecular weight excluding hydrogens is 407 g/mol. The summed E-state index contributed by atoms with van der Waals surface area (Å²) in [4.78, 5) is 20.3. The fourth-order valence-electron chi connectivity index (χ4n) is 4.51. The number of likely N-dealkylation sites (tertiary alicyclic amines) is 1. The van der Waals surface area contributed by atoms with Crippen LogP contribution >= 0.6 is 0 Å². The number of hydrogen-bond acceptors (Lipinski definition) is 4. The van der Waals surface area contributed by atoms with Crippen LogP contribution in [0, 0.1) is 5.92 Å². The van der Waals surface area contributed by atoms with Gasteiger partial charge in [-0.05, 0) is 43.0 Å². The third-order valence-electron chi connectivity index (χ3n) is 6.31. The lowest BCUT2D eigenvalue weighted by molar-refractivity contribution is -0.179. The molecule has 2 fully saturated rings. The average Bonchev–Trinajstić information content (AvgIpc) is 3.41. The van der Waals surface area contributed by atoms with E-state index in [-0.39, 0.29) is 24.7 Å². The third-order valence-corrected chi connectivity index (χ3v) is 6.31. The molecule has 0 bridgehead atoms. The van der Waals surface area contributed by atoms with Gasteiger partial charge in [0.2, 0.25) is 5.91 Å². The predicted molar refractivity (Wildman–Crippen MR) is 112 cm³/mol. The van der Waals surface area contributed by atoms with E-state index in [2.05, 4.69) is 16.7 Å². The topological polar surface area (TPSA) is 54.3 Å². The molecular formula is C22H26F3N5O. The van der Waals surface area contributed by atoms with Crippen LogP contribution in [0.3, 0.4) is 0 Å². The van der Waals surface area contributed by atoms with Gasteiger partial charge >= 0.3 is 6.18 Å².